The average Bonchev–Trinajstić information content (AvgIpc) is 2.84. The van der Waals surface area contributed by atoms with Gasteiger partial charge in [-0.2, -0.15) is 0 Å². The van der Waals surface area contributed by atoms with Gasteiger partial charge in [-0.05, 0) is 76.6 Å². The van der Waals surface area contributed by atoms with Crippen LogP contribution in [0, 0.1) is 0 Å². The predicted octanol–water partition coefficient (Wildman–Crippen LogP) is 9.24. The van der Waals surface area contributed by atoms with E-state index in [9.17, 15) is 0 Å². The van der Waals surface area contributed by atoms with Gasteiger partial charge in [0.1, 0.15) is 0 Å². The van der Waals surface area contributed by atoms with E-state index in [-0.39, 0.29) is 0 Å². The Bertz CT molecular complexity index is 1570. The third-order valence-electron chi connectivity index (χ3n) is 6.06. The Morgan fingerprint density at radius 2 is 1.06 bits per heavy atom. The van der Waals surface area contributed by atoms with E-state index in [0.29, 0.717) is 6.04 Å². The molecular formula is C30H19Br. The molecule has 0 nitrogen and oxygen atoms in total. The molecule has 0 saturated carbocycles. The zero-order valence-electron chi connectivity index (χ0n) is 17.8. The summed E-state index contributed by atoms with van der Waals surface area (Å²) in [4.78, 5) is 0. The summed E-state index contributed by atoms with van der Waals surface area (Å²) in [6.07, 6.45) is 0. The SMILES string of the molecule is [2H]c1ccc2cc(-c3ccc(-c4c5ccccc5c(Br)c5ccccc45)cc3)ccc2c1. The van der Waals surface area contributed by atoms with Gasteiger partial charge in [-0.1, -0.05) is 109 Å². The monoisotopic (exact) mass is 459 g/mol. The lowest BCUT2D eigenvalue weighted by atomic mass is 9.91. The molecule has 0 aliphatic rings. The molecule has 146 valence electrons. The van der Waals surface area contributed by atoms with Gasteiger partial charge in [-0.15, -0.1) is 0 Å². The minimum Gasteiger partial charge on any atom is -0.0616 e. The quantitative estimate of drug-likeness (QED) is 0.226. The van der Waals surface area contributed by atoms with E-state index in [1.165, 1.54) is 43.8 Å². The lowest BCUT2D eigenvalue weighted by Gasteiger charge is -2.15. The summed E-state index contributed by atoms with van der Waals surface area (Å²) in [6.45, 7) is 0. The summed E-state index contributed by atoms with van der Waals surface area (Å²) in [5, 5.41) is 7.23. The number of rotatable bonds is 2. The zero-order valence-corrected chi connectivity index (χ0v) is 18.4. The Morgan fingerprint density at radius 3 is 1.74 bits per heavy atom. The van der Waals surface area contributed by atoms with Crippen LogP contribution in [0.25, 0.3) is 54.6 Å². The third kappa shape index (κ3) is 3.05. The van der Waals surface area contributed by atoms with E-state index in [1.54, 1.807) is 0 Å². The second-order valence-corrected chi connectivity index (χ2v) is 8.64. The molecular weight excluding hydrogens is 440 g/mol. The van der Waals surface area contributed by atoms with Crippen molar-refractivity contribution < 1.29 is 1.37 Å². The van der Waals surface area contributed by atoms with Gasteiger partial charge in [0.15, 0.2) is 0 Å². The van der Waals surface area contributed by atoms with Crippen molar-refractivity contribution in [2.24, 2.45) is 0 Å². The highest BCUT2D eigenvalue weighted by Gasteiger charge is 2.13. The molecule has 0 aliphatic carbocycles. The Labute approximate surface area is 191 Å². The molecule has 0 heterocycles. The maximum absolute atomic E-state index is 7.83. The van der Waals surface area contributed by atoms with Gasteiger partial charge in [-0.25, -0.2) is 0 Å². The second kappa shape index (κ2) is 7.37. The van der Waals surface area contributed by atoms with Gasteiger partial charge < -0.3 is 0 Å². The molecule has 6 rings (SSSR count). The summed E-state index contributed by atoms with van der Waals surface area (Å²) in [5.74, 6) is 0. The summed E-state index contributed by atoms with van der Waals surface area (Å²) < 4.78 is 8.97. The van der Waals surface area contributed by atoms with Gasteiger partial charge >= 0.3 is 0 Å². The van der Waals surface area contributed by atoms with Crippen molar-refractivity contribution in [1.29, 1.82) is 0 Å². The number of fused-ring (bicyclic) bond motifs is 3. The molecule has 6 aromatic rings. The Morgan fingerprint density at radius 1 is 0.484 bits per heavy atom. The fourth-order valence-electron chi connectivity index (χ4n) is 4.52. The highest BCUT2D eigenvalue weighted by Crippen LogP contribution is 2.41. The van der Waals surface area contributed by atoms with E-state index >= 15 is 0 Å². The lowest BCUT2D eigenvalue weighted by Crippen LogP contribution is -1.88. The molecule has 0 amide bonds. The minimum atomic E-state index is 0.545. The molecule has 0 N–H and O–H groups in total. The first-order valence-electron chi connectivity index (χ1n) is 10.9. The van der Waals surface area contributed by atoms with Crippen LogP contribution in [-0.4, -0.2) is 0 Å². The molecule has 0 aromatic heterocycles. The van der Waals surface area contributed by atoms with E-state index in [4.69, 9.17) is 1.37 Å². The first-order valence-corrected chi connectivity index (χ1v) is 11.2. The topological polar surface area (TPSA) is 0 Å². The standard InChI is InChI=1S/C30H19Br/c31-30-27-11-5-3-9-25(27)29(26-10-4-6-12-28(26)30)22-16-13-21(14-17-22)24-18-15-20-7-1-2-8-23(20)19-24/h1-19H/i1D. The molecule has 0 spiro atoms. The van der Waals surface area contributed by atoms with Crippen LogP contribution in [0.2, 0.25) is 0 Å². The van der Waals surface area contributed by atoms with Gasteiger partial charge in [0.2, 0.25) is 0 Å². The van der Waals surface area contributed by atoms with Gasteiger partial charge in [0, 0.05) is 4.47 Å². The highest BCUT2D eigenvalue weighted by molar-refractivity contribution is 9.10. The molecule has 0 atom stereocenters. The van der Waals surface area contributed by atoms with Crippen LogP contribution in [0.4, 0.5) is 0 Å². The summed E-state index contributed by atoms with van der Waals surface area (Å²) in [7, 11) is 0. The third-order valence-corrected chi connectivity index (χ3v) is 6.91. The van der Waals surface area contributed by atoms with Crippen molar-refractivity contribution in [2.45, 2.75) is 0 Å². The smallest absolute Gasteiger partial charge is 0.0616 e. The fourth-order valence-corrected chi connectivity index (χ4v) is 5.21. The second-order valence-electron chi connectivity index (χ2n) is 7.85. The molecule has 0 bridgehead atoms. The number of benzene rings is 6. The number of halogens is 1. The summed E-state index contributed by atoms with van der Waals surface area (Å²) in [6, 6.07) is 38.8. The van der Waals surface area contributed by atoms with Crippen LogP contribution >= 0.6 is 15.9 Å². The van der Waals surface area contributed by atoms with E-state index in [2.05, 4.69) is 107 Å². The van der Waals surface area contributed by atoms with Crippen LogP contribution in [-0.2, 0) is 0 Å². The first kappa shape index (κ1) is 17.3. The molecule has 1 heteroatoms. The first-order chi connectivity index (χ1) is 15.7. The van der Waals surface area contributed by atoms with Crippen molar-refractivity contribution in [3.63, 3.8) is 0 Å². The van der Waals surface area contributed by atoms with Crippen molar-refractivity contribution >= 4 is 48.2 Å². The average molecular weight is 460 g/mol. The maximum Gasteiger partial charge on any atom is 0.0623 e. The molecule has 0 fully saturated rings. The number of hydrogen-bond acceptors (Lipinski definition) is 0. The largest absolute Gasteiger partial charge is 0.0623 e. The summed E-state index contributed by atoms with van der Waals surface area (Å²) >= 11 is 3.84. The normalized spacial score (nSPS) is 11.8. The van der Waals surface area contributed by atoms with Crippen molar-refractivity contribution in [1.82, 2.24) is 0 Å². The summed E-state index contributed by atoms with van der Waals surface area (Å²) in [5.41, 5.74) is 4.87. The van der Waals surface area contributed by atoms with Crippen molar-refractivity contribution in [2.75, 3.05) is 0 Å². The van der Waals surface area contributed by atoms with E-state index < -0.39 is 0 Å². The molecule has 6 aromatic carbocycles. The van der Waals surface area contributed by atoms with Crippen LogP contribution in [0.1, 0.15) is 1.37 Å². The van der Waals surface area contributed by atoms with Crippen LogP contribution in [0.5, 0.6) is 0 Å². The Hall–Kier alpha value is -3.42. The van der Waals surface area contributed by atoms with Crippen LogP contribution < -0.4 is 0 Å². The van der Waals surface area contributed by atoms with Crippen molar-refractivity contribution in [3.05, 3.63) is 120 Å². The highest BCUT2D eigenvalue weighted by atomic mass is 79.9. The van der Waals surface area contributed by atoms with Gasteiger partial charge in [0.05, 0.1) is 1.37 Å². The predicted molar refractivity (Wildman–Crippen MR) is 138 cm³/mol. The van der Waals surface area contributed by atoms with Crippen LogP contribution in [0.3, 0.4) is 0 Å². The molecule has 31 heavy (non-hydrogen) atoms. The van der Waals surface area contributed by atoms with Gasteiger partial charge in [-0.3, -0.25) is 0 Å². The minimum absolute atomic E-state index is 0.545. The maximum atomic E-state index is 7.83. The van der Waals surface area contributed by atoms with E-state index in [1.807, 2.05) is 18.2 Å². The van der Waals surface area contributed by atoms with Gasteiger partial charge in [0.25, 0.3) is 0 Å². The Balaban J connectivity index is 1.52. The Kier molecular flexibility index (Phi) is 4.11. The van der Waals surface area contributed by atoms with Crippen molar-refractivity contribution in [3.8, 4) is 22.3 Å². The lowest BCUT2D eigenvalue weighted by molar-refractivity contribution is 1.63. The molecule has 0 saturated heterocycles. The fraction of sp³-hybridized carbons (Fsp3) is 0. The zero-order chi connectivity index (χ0) is 21.7. The van der Waals surface area contributed by atoms with Crippen LogP contribution in [0.15, 0.2) is 120 Å². The molecule has 0 aliphatic heterocycles. The molecule has 0 unspecified atom stereocenters. The molecule has 0 radical (unpaired) electrons. The number of hydrogen-bond donors (Lipinski definition) is 0. The van der Waals surface area contributed by atoms with E-state index in [0.717, 1.165) is 15.2 Å².